The maximum absolute atomic E-state index is 13.6. The molecular formula is C29H30FN3O6S. The SMILES string of the molecule is COc1ccc(C(=O)N(Cc2ccco2)Cc2cnc(S(=O)(=O)Cc3ccc(F)cc3)n2C[C@@H]2CCCO2)cc1. The molecule has 2 aromatic carbocycles. The first kappa shape index (κ1) is 27.6. The minimum atomic E-state index is -3.91. The summed E-state index contributed by atoms with van der Waals surface area (Å²) >= 11 is 0. The van der Waals surface area contributed by atoms with E-state index >= 15 is 0 Å². The highest BCUT2D eigenvalue weighted by molar-refractivity contribution is 7.90. The molecule has 0 unspecified atom stereocenters. The summed E-state index contributed by atoms with van der Waals surface area (Å²) in [6.07, 6.45) is 4.52. The monoisotopic (exact) mass is 567 g/mol. The number of hydrogen-bond acceptors (Lipinski definition) is 7. The molecule has 1 amide bonds. The molecule has 1 aliphatic rings. The highest BCUT2D eigenvalue weighted by Crippen LogP contribution is 2.24. The molecule has 1 saturated heterocycles. The van der Waals surface area contributed by atoms with Crippen LogP contribution in [-0.4, -0.2) is 48.6 Å². The average molecular weight is 568 g/mol. The van der Waals surface area contributed by atoms with E-state index < -0.39 is 15.7 Å². The maximum Gasteiger partial charge on any atom is 0.254 e. The molecule has 210 valence electrons. The molecule has 0 N–H and O–H groups in total. The molecule has 0 spiro atoms. The third-order valence-electron chi connectivity index (χ3n) is 6.76. The van der Waals surface area contributed by atoms with Crippen molar-refractivity contribution in [3.05, 3.63) is 102 Å². The lowest BCUT2D eigenvalue weighted by Gasteiger charge is -2.24. The van der Waals surface area contributed by atoms with Gasteiger partial charge in [0.25, 0.3) is 5.91 Å². The van der Waals surface area contributed by atoms with Gasteiger partial charge in [-0.1, -0.05) is 12.1 Å². The van der Waals surface area contributed by atoms with Crippen molar-refractivity contribution >= 4 is 15.7 Å². The second-order valence-electron chi connectivity index (χ2n) is 9.63. The normalized spacial score (nSPS) is 15.3. The number of halogens is 1. The van der Waals surface area contributed by atoms with Gasteiger partial charge in [0.2, 0.25) is 15.0 Å². The van der Waals surface area contributed by atoms with Crippen molar-refractivity contribution in [3.63, 3.8) is 0 Å². The van der Waals surface area contributed by atoms with E-state index in [1.165, 1.54) is 36.7 Å². The first-order chi connectivity index (χ1) is 19.3. The quantitative estimate of drug-likeness (QED) is 0.261. The number of benzene rings is 2. The smallest absolute Gasteiger partial charge is 0.254 e. The molecule has 3 heterocycles. The molecule has 0 saturated carbocycles. The zero-order chi connectivity index (χ0) is 28.1. The molecular weight excluding hydrogens is 537 g/mol. The Balaban J connectivity index is 1.48. The summed E-state index contributed by atoms with van der Waals surface area (Å²) in [6, 6.07) is 15.6. The van der Waals surface area contributed by atoms with Gasteiger partial charge in [-0.2, -0.15) is 0 Å². The van der Waals surface area contributed by atoms with Crippen molar-refractivity contribution in [3.8, 4) is 5.75 Å². The molecule has 1 aliphatic heterocycles. The van der Waals surface area contributed by atoms with E-state index in [-0.39, 0.29) is 42.6 Å². The van der Waals surface area contributed by atoms with Crippen LogP contribution in [0.15, 0.2) is 82.7 Å². The summed E-state index contributed by atoms with van der Waals surface area (Å²) in [5.41, 5.74) is 1.44. The van der Waals surface area contributed by atoms with Crippen molar-refractivity contribution in [2.45, 2.75) is 49.5 Å². The van der Waals surface area contributed by atoms with Gasteiger partial charge in [-0.3, -0.25) is 4.79 Å². The van der Waals surface area contributed by atoms with Crippen LogP contribution in [0.3, 0.4) is 0 Å². The molecule has 0 radical (unpaired) electrons. The van der Waals surface area contributed by atoms with E-state index in [0.29, 0.717) is 34.9 Å². The second-order valence-corrected chi connectivity index (χ2v) is 11.5. The topological polar surface area (TPSA) is 104 Å². The average Bonchev–Trinajstić information content (AvgIpc) is 3.73. The third-order valence-corrected chi connectivity index (χ3v) is 8.36. The van der Waals surface area contributed by atoms with Crippen LogP contribution in [0.1, 0.15) is 40.2 Å². The number of sulfone groups is 1. The first-order valence-electron chi connectivity index (χ1n) is 12.9. The van der Waals surface area contributed by atoms with Gasteiger partial charge in [-0.25, -0.2) is 17.8 Å². The van der Waals surface area contributed by atoms with Crippen LogP contribution in [0.5, 0.6) is 5.75 Å². The van der Waals surface area contributed by atoms with Crippen molar-refractivity contribution in [2.75, 3.05) is 13.7 Å². The van der Waals surface area contributed by atoms with Crippen LogP contribution in [0, 0.1) is 5.82 Å². The highest BCUT2D eigenvalue weighted by atomic mass is 32.2. The Morgan fingerprint density at radius 2 is 1.90 bits per heavy atom. The number of imidazole rings is 1. The van der Waals surface area contributed by atoms with Crippen LogP contribution in [0.25, 0.3) is 0 Å². The van der Waals surface area contributed by atoms with Crippen LogP contribution in [0.4, 0.5) is 4.39 Å². The highest BCUT2D eigenvalue weighted by Gasteiger charge is 2.29. The van der Waals surface area contributed by atoms with Gasteiger partial charge in [0, 0.05) is 12.2 Å². The molecule has 11 heteroatoms. The van der Waals surface area contributed by atoms with E-state index in [9.17, 15) is 17.6 Å². The van der Waals surface area contributed by atoms with Gasteiger partial charge in [0.1, 0.15) is 17.3 Å². The van der Waals surface area contributed by atoms with Gasteiger partial charge in [0.05, 0.1) is 56.8 Å². The number of nitrogens with zero attached hydrogens (tertiary/aromatic N) is 3. The Labute approximate surface area is 232 Å². The number of methoxy groups -OCH3 is 1. The van der Waals surface area contributed by atoms with Gasteiger partial charge in [-0.05, 0) is 66.9 Å². The Bertz CT molecular complexity index is 1530. The standard InChI is InChI=1S/C29H30FN3O6S/c1-37-25-12-8-22(9-13-25)28(34)32(18-26-4-2-14-38-26)17-24-16-31-29(33(24)19-27-5-3-15-39-27)40(35,36)20-21-6-10-23(30)11-7-21/h2,4,6-14,16,27H,3,5,15,17-20H2,1H3/t27-/m0/s1. The fourth-order valence-corrected chi connectivity index (χ4v) is 6.22. The summed E-state index contributed by atoms with van der Waals surface area (Å²) < 4.78 is 58.6. The van der Waals surface area contributed by atoms with Crippen LogP contribution >= 0.6 is 0 Å². The molecule has 0 aliphatic carbocycles. The number of hydrogen-bond donors (Lipinski definition) is 0. The van der Waals surface area contributed by atoms with Crippen molar-refractivity contribution in [1.29, 1.82) is 0 Å². The van der Waals surface area contributed by atoms with Gasteiger partial charge in [-0.15, -0.1) is 0 Å². The number of carbonyl (C=O) groups is 1. The number of amides is 1. The summed E-state index contributed by atoms with van der Waals surface area (Å²) in [4.78, 5) is 19.5. The van der Waals surface area contributed by atoms with Crippen molar-refractivity contribution < 1.29 is 31.5 Å². The minimum Gasteiger partial charge on any atom is -0.497 e. The molecule has 4 aromatic rings. The number of rotatable bonds is 11. The molecule has 1 atom stereocenters. The summed E-state index contributed by atoms with van der Waals surface area (Å²) in [5, 5.41) is -0.114. The van der Waals surface area contributed by atoms with E-state index in [4.69, 9.17) is 13.9 Å². The summed E-state index contributed by atoms with van der Waals surface area (Å²) in [7, 11) is -2.35. The fourth-order valence-electron chi connectivity index (χ4n) is 4.72. The first-order valence-corrected chi connectivity index (χ1v) is 14.6. The van der Waals surface area contributed by atoms with E-state index in [1.54, 1.807) is 53.0 Å². The van der Waals surface area contributed by atoms with Crippen molar-refractivity contribution in [1.82, 2.24) is 14.5 Å². The Morgan fingerprint density at radius 3 is 2.55 bits per heavy atom. The zero-order valence-electron chi connectivity index (χ0n) is 22.0. The van der Waals surface area contributed by atoms with Gasteiger partial charge >= 0.3 is 0 Å². The van der Waals surface area contributed by atoms with Gasteiger partial charge in [0.15, 0.2) is 0 Å². The largest absolute Gasteiger partial charge is 0.497 e. The van der Waals surface area contributed by atoms with Gasteiger partial charge < -0.3 is 23.4 Å². The maximum atomic E-state index is 13.6. The lowest BCUT2D eigenvalue weighted by molar-refractivity contribution is 0.0706. The molecule has 0 bridgehead atoms. The predicted octanol–water partition coefficient (Wildman–Crippen LogP) is 4.62. The summed E-state index contributed by atoms with van der Waals surface area (Å²) in [5.74, 6) is 0.160. The molecule has 5 rings (SSSR count). The minimum absolute atomic E-state index is 0.0807. The lowest BCUT2D eigenvalue weighted by Crippen LogP contribution is -2.32. The zero-order valence-corrected chi connectivity index (χ0v) is 22.8. The van der Waals surface area contributed by atoms with E-state index in [1.807, 2.05) is 0 Å². The number of carbonyl (C=O) groups excluding carboxylic acids is 1. The molecule has 9 nitrogen and oxygen atoms in total. The van der Waals surface area contributed by atoms with E-state index in [2.05, 4.69) is 4.98 Å². The Kier molecular flexibility index (Phi) is 8.32. The van der Waals surface area contributed by atoms with Crippen LogP contribution in [-0.2, 0) is 40.0 Å². The number of ether oxygens (including phenoxy) is 2. The Hall–Kier alpha value is -3.96. The van der Waals surface area contributed by atoms with Crippen molar-refractivity contribution in [2.24, 2.45) is 0 Å². The predicted molar refractivity (Wildman–Crippen MR) is 144 cm³/mol. The third kappa shape index (κ3) is 6.43. The van der Waals surface area contributed by atoms with E-state index in [0.717, 1.165) is 12.8 Å². The molecule has 40 heavy (non-hydrogen) atoms. The molecule has 1 fully saturated rings. The lowest BCUT2D eigenvalue weighted by atomic mass is 10.1. The Morgan fingerprint density at radius 1 is 1.12 bits per heavy atom. The van der Waals surface area contributed by atoms with Crippen LogP contribution < -0.4 is 4.74 Å². The summed E-state index contributed by atoms with van der Waals surface area (Å²) in [6.45, 7) is 1.13. The number of furan rings is 1. The fraction of sp³-hybridized carbons (Fsp3) is 0.310. The van der Waals surface area contributed by atoms with Crippen LogP contribution in [0.2, 0.25) is 0 Å². The number of aromatic nitrogens is 2. The second kappa shape index (κ2) is 12.1. The molecule has 2 aromatic heterocycles.